The van der Waals surface area contributed by atoms with E-state index in [1.807, 2.05) is 0 Å². The van der Waals surface area contributed by atoms with E-state index in [1.165, 1.54) is 5.32 Å². The molecule has 1 saturated heterocycles. The molecule has 86 valence electrons. The van der Waals surface area contributed by atoms with Crippen molar-refractivity contribution in [2.45, 2.75) is 18.5 Å². The minimum Gasteiger partial charge on any atom is -0.309 e. The van der Waals surface area contributed by atoms with Gasteiger partial charge in [-0.2, -0.15) is 8.78 Å². The van der Waals surface area contributed by atoms with Crippen LogP contribution in [0.3, 0.4) is 0 Å². The number of imide groups is 1. The van der Waals surface area contributed by atoms with E-state index in [0.717, 1.165) is 0 Å². The average Bonchev–Trinajstić information content (AvgIpc) is 2.13. The molecule has 2 atom stereocenters. The van der Waals surface area contributed by atoms with Crippen LogP contribution in [-0.2, 0) is 9.53 Å². The van der Waals surface area contributed by atoms with Crippen LogP contribution in [0.15, 0.2) is 0 Å². The van der Waals surface area contributed by atoms with Crippen molar-refractivity contribution in [3.63, 3.8) is 0 Å². The maximum atomic E-state index is 12.9. The van der Waals surface area contributed by atoms with E-state index in [9.17, 15) is 27.2 Å². The maximum absolute atomic E-state index is 12.9. The third kappa shape index (κ3) is 2.78. The van der Waals surface area contributed by atoms with Crippen LogP contribution >= 0.6 is 0 Å². The zero-order valence-electron chi connectivity index (χ0n) is 7.10. The molecular formula is C6H6F4N2O3. The van der Waals surface area contributed by atoms with Crippen LogP contribution in [0.25, 0.3) is 0 Å². The fraction of sp³-hybridized carbons (Fsp3) is 0.667. The lowest BCUT2D eigenvalue weighted by Gasteiger charge is -2.28. The molecule has 0 aromatic rings. The van der Waals surface area contributed by atoms with Gasteiger partial charge in [-0.05, 0) is 0 Å². The van der Waals surface area contributed by atoms with Gasteiger partial charge >= 0.3 is 12.1 Å². The molecule has 0 aliphatic carbocycles. The molecule has 0 spiro atoms. The Morgan fingerprint density at radius 3 is 2.53 bits per heavy atom. The van der Waals surface area contributed by atoms with Gasteiger partial charge in [-0.25, -0.2) is 13.6 Å². The van der Waals surface area contributed by atoms with Crippen LogP contribution in [-0.4, -0.2) is 37.1 Å². The van der Waals surface area contributed by atoms with Gasteiger partial charge in [0.05, 0.1) is 0 Å². The summed E-state index contributed by atoms with van der Waals surface area (Å²) in [5.41, 5.74) is 0. The summed E-state index contributed by atoms with van der Waals surface area (Å²) >= 11 is 0. The first-order valence-corrected chi connectivity index (χ1v) is 3.73. The minimum atomic E-state index is -4.25. The highest BCUT2D eigenvalue weighted by Gasteiger charge is 2.43. The number of ether oxygens (including phenoxy) is 1. The first kappa shape index (κ1) is 11.7. The highest BCUT2D eigenvalue weighted by molar-refractivity contribution is 5.99. The summed E-state index contributed by atoms with van der Waals surface area (Å²) < 4.78 is 52.8. The van der Waals surface area contributed by atoms with E-state index in [2.05, 4.69) is 4.74 Å². The summed E-state index contributed by atoms with van der Waals surface area (Å²) in [7, 11) is 0. The fourth-order valence-corrected chi connectivity index (χ4v) is 0.863. The standard InChI is InChI=1S/C6H6F4N2O3/c7-1-6(9,10)15-4-2(8)3(13)11-5(14)12-4/h2,4H,1H2,(H2,11,12,13,14). The van der Waals surface area contributed by atoms with E-state index in [0.29, 0.717) is 0 Å². The number of carbonyl (C=O) groups is 2. The van der Waals surface area contributed by atoms with Gasteiger partial charge in [0.15, 0.2) is 12.9 Å². The third-order valence-electron chi connectivity index (χ3n) is 1.48. The van der Waals surface area contributed by atoms with Gasteiger partial charge in [0, 0.05) is 0 Å². The van der Waals surface area contributed by atoms with Gasteiger partial charge in [0.1, 0.15) is 0 Å². The Kier molecular flexibility index (Phi) is 3.12. The Labute approximate surface area is 80.8 Å². The Balaban J connectivity index is 2.68. The second kappa shape index (κ2) is 4.01. The number of hydrogen-bond acceptors (Lipinski definition) is 3. The zero-order valence-corrected chi connectivity index (χ0v) is 7.10. The summed E-state index contributed by atoms with van der Waals surface area (Å²) in [6.07, 6.45) is -8.96. The van der Waals surface area contributed by atoms with Crippen molar-refractivity contribution in [1.82, 2.24) is 10.6 Å². The van der Waals surface area contributed by atoms with Crippen molar-refractivity contribution >= 4 is 11.9 Å². The maximum Gasteiger partial charge on any atom is 0.385 e. The molecule has 5 nitrogen and oxygen atoms in total. The highest BCUT2D eigenvalue weighted by atomic mass is 19.3. The van der Waals surface area contributed by atoms with E-state index in [-0.39, 0.29) is 0 Å². The molecule has 9 heteroatoms. The monoisotopic (exact) mass is 230 g/mol. The number of halogens is 4. The summed E-state index contributed by atoms with van der Waals surface area (Å²) in [6, 6.07) is -1.19. The van der Waals surface area contributed by atoms with Crippen LogP contribution in [0.1, 0.15) is 0 Å². The molecular weight excluding hydrogens is 224 g/mol. The molecule has 0 aromatic heterocycles. The topological polar surface area (TPSA) is 67.4 Å². The average molecular weight is 230 g/mol. The second-order valence-electron chi connectivity index (χ2n) is 2.67. The van der Waals surface area contributed by atoms with Crippen LogP contribution in [0.2, 0.25) is 0 Å². The number of rotatable bonds is 3. The zero-order chi connectivity index (χ0) is 11.6. The number of nitrogens with one attached hydrogen (secondary N) is 2. The summed E-state index contributed by atoms with van der Waals surface area (Å²) in [6.45, 7) is -2.19. The SMILES string of the molecule is O=C1NC(=O)C(F)C(OC(F)(F)CF)N1. The largest absolute Gasteiger partial charge is 0.385 e. The number of hydrogen-bond donors (Lipinski definition) is 2. The molecule has 0 aromatic carbocycles. The minimum absolute atomic E-state index is 1.19. The van der Waals surface area contributed by atoms with E-state index in [1.54, 1.807) is 5.32 Å². The van der Waals surface area contributed by atoms with Crippen molar-refractivity contribution < 1.29 is 31.9 Å². The lowest BCUT2D eigenvalue weighted by atomic mass is 10.3. The molecule has 15 heavy (non-hydrogen) atoms. The smallest absolute Gasteiger partial charge is 0.309 e. The summed E-state index contributed by atoms with van der Waals surface area (Å²) in [4.78, 5) is 21.2. The van der Waals surface area contributed by atoms with Crippen molar-refractivity contribution in [2.75, 3.05) is 6.67 Å². The van der Waals surface area contributed by atoms with Gasteiger partial charge in [0.25, 0.3) is 5.91 Å². The second-order valence-corrected chi connectivity index (χ2v) is 2.67. The summed E-state index contributed by atoms with van der Waals surface area (Å²) in [5, 5.41) is 3.05. The molecule has 1 fully saturated rings. The van der Waals surface area contributed by atoms with Gasteiger partial charge in [-0.15, -0.1) is 0 Å². The lowest BCUT2D eigenvalue weighted by molar-refractivity contribution is -0.280. The van der Waals surface area contributed by atoms with Gasteiger partial charge < -0.3 is 5.32 Å². The lowest BCUT2D eigenvalue weighted by Crippen LogP contribution is -2.61. The van der Waals surface area contributed by atoms with Crippen molar-refractivity contribution in [3.05, 3.63) is 0 Å². The highest BCUT2D eigenvalue weighted by Crippen LogP contribution is 2.20. The Morgan fingerprint density at radius 1 is 1.40 bits per heavy atom. The molecule has 0 radical (unpaired) electrons. The van der Waals surface area contributed by atoms with Crippen LogP contribution in [0.5, 0.6) is 0 Å². The van der Waals surface area contributed by atoms with Gasteiger partial charge in [-0.1, -0.05) is 0 Å². The molecule has 3 amide bonds. The normalized spacial score (nSPS) is 27.2. The van der Waals surface area contributed by atoms with E-state index < -0.39 is 37.1 Å². The molecule has 1 heterocycles. The van der Waals surface area contributed by atoms with Gasteiger partial charge in [0.2, 0.25) is 6.17 Å². The first-order chi connectivity index (χ1) is 6.85. The molecule has 1 aliphatic rings. The number of alkyl halides is 4. The van der Waals surface area contributed by atoms with Crippen LogP contribution in [0.4, 0.5) is 22.4 Å². The molecule has 0 bridgehead atoms. The predicted molar refractivity (Wildman–Crippen MR) is 37.4 cm³/mol. The van der Waals surface area contributed by atoms with E-state index in [4.69, 9.17) is 0 Å². The molecule has 1 rings (SSSR count). The molecule has 2 unspecified atom stereocenters. The van der Waals surface area contributed by atoms with Crippen molar-refractivity contribution in [3.8, 4) is 0 Å². The Hall–Kier alpha value is -1.38. The Bertz CT molecular complexity index is 286. The first-order valence-electron chi connectivity index (χ1n) is 3.73. The van der Waals surface area contributed by atoms with Crippen LogP contribution < -0.4 is 10.6 Å². The fourth-order valence-electron chi connectivity index (χ4n) is 0.863. The van der Waals surface area contributed by atoms with Gasteiger partial charge in [-0.3, -0.25) is 14.8 Å². The third-order valence-corrected chi connectivity index (χ3v) is 1.48. The molecule has 0 saturated carbocycles. The molecule has 2 N–H and O–H groups in total. The predicted octanol–water partition coefficient (Wildman–Crippen LogP) is 0.0689. The number of carbonyl (C=O) groups excluding carboxylic acids is 2. The van der Waals surface area contributed by atoms with Crippen LogP contribution in [0, 0.1) is 0 Å². The quantitative estimate of drug-likeness (QED) is 0.674. The van der Waals surface area contributed by atoms with Crippen molar-refractivity contribution in [2.24, 2.45) is 0 Å². The number of urea groups is 1. The number of amides is 3. The Morgan fingerprint density at radius 2 is 2.00 bits per heavy atom. The molecule has 1 aliphatic heterocycles. The summed E-state index contributed by atoms with van der Waals surface area (Å²) in [5.74, 6) is -1.42. The van der Waals surface area contributed by atoms with Crippen molar-refractivity contribution in [1.29, 1.82) is 0 Å². The van der Waals surface area contributed by atoms with E-state index >= 15 is 0 Å².